The minimum atomic E-state index is -0.871. The SMILES string of the molecule is CCCCN(C(=O)CN1C[C@H](c2ccc3c(c2)CCO3)[C@@H](C(=O)O)[C@@H]1CCOc1ccccc1OC)c1cccnc1.CC[C@H]1[C@H](C(=O)O)[C@@H](c2ccc(OC)cc2)CN1C.CC[C@H]1[C@H](C(=O)O)[C@@H](c2ccc(OC)cc2)CN1C.CC[C@H]1[C@H](C(=O)O)[C@@H](c2ccc(OC)cc2)CN1C.COc1ccccc1.COc1ccccc1.COc1ccccc1. The Hall–Kier alpha value is -11.7. The first-order valence-corrected chi connectivity index (χ1v) is 42.2. The maximum Gasteiger partial charge on any atom is 0.308 e. The number of hydrogen-bond acceptors (Lipinski definition) is 19. The van der Waals surface area contributed by atoms with Gasteiger partial charge in [0.05, 0.1) is 105 Å². The van der Waals surface area contributed by atoms with E-state index in [2.05, 4.69) is 32.7 Å². The van der Waals surface area contributed by atoms with Crippen LogP contribution in [0.15, 0.2) is 231 Å². The predicted molar refractivity (Wildman–Crippen MR) is 479 cm³/mol. The molecule has 24 heteroatoms. The summed E-state index contributed by atoms with van der Waals surface area (Å²) in [6, 6.07) is 69.3. The van der Waals surface area contributed by atoms with Gasteiger partial charge in [0.15, 0.2) is 11.5 Å². The summed E-state index contributed by atoms with van der Waals surface area (Å²) < 4.78 is 47.4. The smallest absolute Gasteiger partial charge is 0.308 e. The quantitative estimate of drug-likeness (QED) is 0.0354. The van der Waals surface area contributed by atoms with E-state index >= 15 is 0 Å². The molecule has 14 rings (SSSR count). The Labute approximate surface area is 726 Å². The zero-order valence-electron chi connectivity index (χ0n) is 73.7. The second kappa shape index (κ2) is 50.0. The van der Waals surface area contributed by atoms with Crippen molar-refractivity contribution in [3.05, 3.63) is 259 Å². The number of unbranched alkanes of at least 4 members (excludes halogenated alkanes) is 1. The lowest BCUT2D eigenvalue weighted by Crippen LogP contribution is -2.45. The number of likely N-dealkylation sites (N-methyl/N-ethyl adjacent to an activating group) is 3. The van der Waals surface area contributed by atoms with E-state index < -0.39 is 35.8 Å². The number of carboxylic acids is 4. The fraction of sp³-hybridized carbons (Fsp3) is 0.414. The summed E-state index contributed by atoms with van der Waals surface area (Å²) in [7, 11) is 17.5. The maximum atomic E-state index is 13.8. The first-order valence-electron chi connectivity index (χ1n) is 42.2. The average molecular weight is 1690 g/mol. The number of anilines is 1. The highest BCUT2D eigenvalue weighted by atomic mass is 16.5. The van der Waals surface area contributed by atoms with Gasteiger partial charge in [-0.25, -0.2) is 0 Å². The summed E-state index contributed by atoms with van der Waals surface area (Å²) in [6.45, 7) is 12.7. The number of para-hydroxylation sites is 5. The largest absolute Gasteiger partial charge is 0.497 e. The lowest BCUT2D eigenvalue weighted by molar-refractivity contribution is -0.144. The van der Waals surface area contributed by atoms with Crippen LogP contribution in [-0.4, -0.2) is 222 Å². The topological polar surface area (TPSA) is 278 Å². The van der Waals surface area contributed by atoms with Gasteiger partial charge in [-0.15, -0.1) is 0 Å². The average Bonchev–Trinajstić information content (AvgIpc) is 1.65. The molecule has 6 heterocycles. The molecule has 5 aliphatic rings. The molecule has 4 N–H and O–H groups in total. The molecule has 0 bridgehead atoms. The molecule has 1 aromatic heterocycles. The molecule has 9 aromatic rings. The van der Waals surface area contributed by atoms with E-state index in [9.17, 15) is 44.4 Å². The van der Waals surface area contributed by atoms with Crippen molar-refractivity contribution in [1.82, 2.24) is 24.6 Å². The van der Waals surface area contributed by atoms with E-state index in [1.54, 1.807) is 67.1 Å². The van der Waals surface area contributed by atoms with Crippen LogP contribution in [0.5, 0.6) is 51.7 Å². The number of hydrogen-bond donors (Lipinski definition) is 4. The molecule has 0 unspecified atom stereocenters. The monoisotopic (exact) mass is 1690 g/mol. The molecule has 0 spiro atoms. The molecular formula is C99H126N6O18. The molecule has 0 aliphatic carbocycles. The maximum absolute atomic E-state index is 13.8. The van der Waals surface area contributed by atoms with Crippen LogP contribution >= 0.6 is 0 Å². The summed E-state index contributed by atoms with van der Waals surface area (Å²) in [6.07, 6.45) is 9.02. The number of nitrogens with zero attached hydrogens (tertiary/aromatic N) is 6. The highest BCUT2D eigenvalue weighted by Crippen LogP contribution is 2.44. The minimum absolute atomic E-state index is 0.0540. The second-order valence-corrected chi connectivity index (χ2v) is 30.9. The van der Waals surface area contributed by atoms with E-state index in [4.69, 9.17) is 42.6 Å². The molecular weight excluding hydrogens is 1560 g/mol. The van der Waals surface area contributed by atoms with Gasteiger partial charge in [0.1, 0.15) is 40.2 Å². The van der Waals surface area contributed by atoms with Crippen LogP contribution in [0.2, 0.25) is 0 Å². The van der Waals surface area contributed by atoms with Gasteiger partial charge in [-0.05, 0) is 184 Å². The number of likely N-dealkylation sites (tertiary alicyclic amines) is 4. The Bertz CT molecular complexity index is 4320. The fourth-order valence-corrected chi connectivity index (χ4v) is 17.3. The summed E-state index contributed by atoms with van der Waals surface area (Å²) in [5.74, 6) is 2.36. The zero-order valence-corrected chi connectivity index (χ0v) is 73.7. The van der Waals surface area contributed by atoms with E-state index in [1.807, 2.05) is 259 Å². The molecule has 4 fully saturated rings. The number of aliphatic carboxylic acids is 4. The molecule has 660 valence electrons. The van der Waals surface area contributed by atoms with E-state index in [-0.39, 0.29) is 78.6 Å². The van der Waals surface area contributed by atoms with Crippen LogP contribution in [-0.2, 0) is 30.4 Å². The van der Waals surface area contributed by atoms with Crippen molar-refractivity contribution in [2.24, 2.45) is 23.7 Å². The van der Waals surface area contributed by atoms with Crippen molar-refractivity contribution in [2.45, 2.75) is 120 Å². The van der Waals surface area contributed by atoms with E-state index in [0.717, 1.165) is 132 Å². The molecule has 0 saturated carbocycles. The van der Waals surface area contributed by atoms with Crippen molar-refractivity contribution in [2.75, 3.05) is 128 Å². The van der Waals surface area contributed by atoms with Crippen LogP contribution in [0.1, 0.15) is 118 Å². The summed E-state index contributed by atoms with van der Waals surface area (Å²) in [5.41, 5.74) is 6.05. The Morgan fingerprint density at radius 2 is 0.789 bits per heavy atom. The van der Waals surface area contributed by atoms with Gasteiger partial charge in [-0.2, -0.15) is 0 Å². The number of carboxylic acid groups (broad SMARTS) is 4. The van der Waals surface area contributed by atoms with Crippen LogP contribution in [0.4, 0.5) is 5.69 Å². The fourth-order valence-electron chi connectivity index (χ4n) is 17.3. The molecule has 0 radical (unpaired) electrons. The molecule has 12 atom stereocenters. The normalized spacial score (nSPS) is 21.1. The summed E-state index contributed by atoms with van der Waals surface area (Å²) >= 11 is 0. The Kier molecular flexibility index (Phi) is 39.4. The van der Waals surface area contributed by atoms with Crippen molar-refractivity contribution in [1.29, 1.82) is 0 Å². The van der Waals surface area contributed by atoms with E-state index in [1.165, 1.54) is 0 Å². The molecule has 5 aliphatic heterocycles. The number of benzene rings is 8. The number of aromatic nitrogens is 1. The van der Waals surface area contributed by atoms with Gasteiger partial charge < -0.3 is 82.7 Å². The molecule has 24 nitrogen and oxygen atoms in total. The Balaban J connectivity index is 0.000000196. The van der Waals surface area contributed by atoms with Gasteiger partial charge in [0.2, 0.25) is 5.91 Å². The Morgan fingerprint density at radius 3 is 1.14 bits per heavy atom. The standard InChI is InChI=1S/C33H39N3O6.3C15H21NO3.3C7H8O/c1-3-4-16-36(25-8-7-15-34-20-25)31(37)22-35-21-26(23-11-12-28-24(19-23)13-17-41-28)32(33(38)39)27(35)14-18-42-30-10-6-5-9-29(30)40-2;3*1-4-13-14(15(17)18)12(9-16(13)2)10-5-7-11(19-3)8-6-10;3*1-8-7-5-3-2-4-6-7/h5-12,15,19-20,26-27,32H,3-4,13-14,16-18,21-22H2,1-2H3,(H,38,39);3*5-8,12-14H,4,9H2,1-3H3,(H,17,18);3*2-6H,1H3/t26-,27+,32-;3*12-,13+,14-;;;/m1111.../s1. The molecule has 1 amide bonds. The van der Waals surface area contributed by atoms with Gasteiger partial charge in [0.25, 0.3) is 0 Å². The van der Waals surface area contributed by atoms with Gasteiger partial charge >= 0.3 is 23.9 Å². The summed E-state index contributed by atoms with van der Waals surface area (Å²) in [5, 5.41) is 39.1. The van der Waals surface area contributed by atoms with Crippen LogP contribution in [0.25, 0.3) is 0 Å². The number of carbonyl (C=O) groups is 5. The number of methoxy groups -OCH3 is 7. The molecule has 123 heavy (non-hydrogen) atoms. The molecule has 8 aromatic carbocycles. The third-order valence-corrected chi connectivity index (χ3v) is 23.6. The van der Waals surface area contributed by atoms with Crippen LogP contribution < -0.4 is 47.5 Å². The number of amides is 1. The van der Waals surface area contributed by atoms with Crippen LogP contribution in [0, 0.1) is 23.7 Å². The third-order valence-electron chi connectivity index (χ3n) is 23.6. The lowest BCUT2D eigenvalue weighted by Gasteiger charge is -2.29. The highest BCUT2D eigenvalue weighted by Gasteiger charge is 2.49. The van der Waals surface area contributed by atoms with Crippen molar-refractivity contribution >= 4 is 35.5 Å². The van der Waals surface area contributed by atoms with Crippen molar-refractivity contribution in [3.8, 4) is 51.7 Å². The first kappa shape index (κ1) is 96.8. The number of ether oxygens (including phenoxy) is 9. The lowest BCUT2D eigenvalue weighted by atomic mass is 9.83. The van der Waals surface area contributed by atoms with Crippen LogP contribution in [0.3, 0.4) is 0 Å². The highest BCUT2D eigenvalue weighted by molar-refractivity contribution is 5.95. The third kappa shape index (κ3) is 27.1. The van der Waals surface area contributed by atoms with Gasteiger partial charge in [-0.3, -0.25) is 33.9 Å². The predicted octanol–water partition coefficient (Wildman–Crippen LogP) is 16.5. The minimum Gasteiger partial charge on any atom is -0.497 e. The number of pyridine rings is 1. The van der Waals surface area contributed by atoms with Gasteiger partial charge in [0, 0.05) is 93.2 Å². The number of fused-ring (bicyclic) bond motifs is 1. The van der Waals surface area contributed by atoms with Gasteiger partial charge in [-0.1, -0.05) is 149 Å². The number of carbonyl (C=O) groups excluding carboxylic acids is 1. The van der Waals surface area contributed by atoms with Crippen molar-refractivity contribution in [3.63, 3.8) is 0 Å². The van der Waals surface area contributed by atoms with Crippen molar-refractivity contribution < 1.29 is 87.0 Å². The molecule has 4 saturated heterocycles. The second-order valence-electron chi connectivity index (χ2n) is 30.9. The number of rotatable bonds is 28. The summed E-state index contributed by atoms with van der Waals surface area (Å²) in [4.78, 5) is 76.0. The Morgan fingerprint density at radius 1 is 0.423 bits per heavy atom. The van der Waals surface area contributed by atoms with E-state index in [0.29, 0.717) is 37.6 Å². The zero-order chi connectivity index (χ0) is 88.9. The first-order chi connectivity index (χ1) is 59.5.